The molecule has 7 heteroatoms. The monoisotopic (exact) mass is 285 g/mol. The molecular weight excluding hydrogens is 261 g/mol. The SMILES string of the molecule is CC(C)(O)C(C)(C)Oc1ccc(CN)cc1.OB(O)O. The van der Waals surface area contributed by atoms with Crippen molar-refractivity contribution in [2.24, 2.45) is 5.73 Å². The first kappa shape index (κ1) is 18.9. The summed E-state index contributed by atoms with van der Waals surface area (Å²) in [7, 11) is -2.17. The average Bonchev–Trinajstić information content (AvgIpc) is 2.27. The van der Waals surface area contributed by atoms with Gasteiger partial charge in [-0.3, -0.25) is 0 Å². The van der Waals surface area contributed by atoms with Crippen LogP contribution in [0.2, 0.25) is 0 Å². The molecule has 1 aromatic rings. The molecule has 1 rings (SSSR count). The lowest BCUT2D eigenvalue weighted by Crippen LogP contribution is -2.49. The van der Waals surface area contributed by atoms with Crippen molar-refractivity contribution in [3.63, 3.8) is 0 Å². The van der Waals surface area contributed by atoms with Gasteiger partial charge in [0.05, 0.1) is 5.60 Å². The zero-order valence-electron chi connectivity index (χ0n) is 12.4. The smallest absolute Gasteiger partial charge is 0.485 e. The number of hydrogen-bond acceptors (Lipinski definition) is 6. The van der Waals surface area contributed by atoms with Crippen LogP contribution in [0.4, 0.5) is 0 Å². The molecular formula is C13H24BNO5. The third-order valence-electron chi connectivity index (χ3n) is 3.01. The summed E-state index contributed by atoms with van der Waals surface area (Å²) in [6, 6.07) is 7.59. The van der Waals surface area contributed by atoms with Gasteiger partial charge in [-0.1, -0.05) is 12.1 Å². The lowest BCUT2D eigenvalue weighted by molar-refractivity contribution is -0.0906. The molecule has 0 aromatic heterocycles. The lowest BCUT2D eigenvalue weighted by Gasteiger charge is -2.37. The Hall–Kier alpha value is -1.12. The zero-order chi connectivity index (χ0) is 16.0. The summed E-state index contributed by atoms with van der Waals surface area (Å²) in [6.07, 6.45) is 0. The minimum absolute atomic E-state index is 0.523. The molecule has 20 heavy (non-hydrogen) atoms. The van der Waals surface area contributed by atoms with Gasteiger partial charge < -0.3 is 30.6 Å². The molecule has 0 aliphatic heterocycles. The predicted molar refractivity (Wildman–Crippen MR) is 77.7 cm³/mol. The molecule has 6 N–H and O–H groups in total. The number of hydrogen-bond donors (Lipinski definition) is 5. The summed E-state index contributed by atoms with van der Waals surface area (Å²) in [6.45, 7) is 7.73. The molecule has 0 saturated carbocycles. The maximum absolute atomic E-state index is 9.96. The summed E-state index contributed by atoms with van der Waals surface area (Å²) in [5.74, 6) is 0.740. The Balaban J connectivity index is 0.000000796. The van der Waals surface area contributed by atoms with Crippen LogP contribution in [0, 0.1) is 0 Å². The largest absolute Gasteiger partial charge is 0.631 e. The van der Waals surface area contributed by atoms with Crippen LogP contribution in [-0.4, -0.2) is 38.7 Å². The molecule has 0 bridgehead atoms. The Kier molecular flexibility index (Phi) is 7.19. The summed E-state index contributed by atoms with van der Waals surface area (Å²) in [5, 5.41) is 31.5. The van der Waals surface area contributed by atoms with Crippen LogP contribution >= 0.6 is 0 Å². The van der Waals surface area contributed by atoms with Gasteiger partial charge in [0.25, 0.3) is 0 Å². The van der Waals surface area contributed by atoms with Crippen LogP contribution in [0.15, 0.2) is 24.3 Å². The van der Waals surface area contributed by atoms with Gasteiger partial charge in [-0.2, -0.15) is 0 Å². The maximum Gasteiger partial charge on any atom is 0.631 e. The molecule has 0 unspecified atom stereocenters. The zero-order valence-corrected chi connectivity index (χ0v) is 12.4. The quantitative estimate of drug-likeness (QED) is 0.498. The van der Waals surface area contributed by atoms with Gasteiger partial charge in [-0.05, 0) is 45.4 Å². The van der Waals surface area contributed by atoms with Gasteiger partial charge >= 0.3 is 7.32 Å². The Morgan fingerprint density at radius 2 is 1.45 bits per heavy atom. The first-order chi connectivity index (χ1) is 8.99. The van der Waals surface area contributed by atoms with E-state index >= 15 is 0 Å². The standard InChI is InChI=1S/C13H21NO2.BH3O3/c1-12(2,15)13(3,4)16-11-7-5-10(9-14)6-8-11;2-1(3)4/h5-8,15H,9,14H2,1-4H3;2-4H. The van der Waals surface area contributed by atoms with Gasteiger partial charge in [0.2, 0.25) is 0 Å². The van der Waals surface area contributed by atoms with Gasteiger partial charge in [0.1, 0.15) is 11.4 Å². The van der Waals surface area contributed by atoms with Crippen molar-refractivity contribution in [3.8, 4) is 5.75 Å². The first-order valence-corrected chi connectivity index (χ1v) is 6.24. The fourth-order valence-electron chi connectivity index (χ4n) is 1.11. The minimum Gasteiger partial charge on any atom is -0.485 e. The molecule has 114 valence electrons. The fourth-order valence-corrected chi connectivity index (χ4v) is 1.11. The number of ether oxygens (including phenoxy) is 1. The van der Waals surface area contributed by atoms with Crippen molar-refractivity contribution in [1.29, 1.82) is 0 Å². The number of aliphatic hydroxyl groups is 1. The second-order valence-electron chi connectivity index (χ2n) is 5.37. The molecule has 0 saturated heterocycles. The van der Waals surface area contributed by atoms with Crippen LogP contribution < -0.4 is 10.5 Å². The topological polar surface area (TPSA) is 116 Å². The van der Waals surface area contributed by atoms with E-state index in [9.17, 15) is 5.11 Å². The van der Waals surface area contributed by atoms with Crippen LogP contribution in [0.3, 0.4) is 0 Å². The summed E-state index contributed by atoms with van der Waals surface area (Å²) < 4.78 is 5.77. The number of benzene rings is 1. The van der Waals surface area contributed by atoms with Crippen molar-refractivity contribution >= 4 is 7.32 Å². The molecule has 0 spiro atoms. The summed E-state index contributed by atoms with van der Waals surface area (Å²) >= 11 is 0. The molecule has 0 aliphatic carbocycles. The first-order valence-electron chi connectivity index (χ1n) is 6.24. The van der Waals surface area contributed by atoms with Gasteiger partial charge in [-0.25, -0.2) is 0 Å². The van der Waals surface area contributed by atoms with Crippen LogP contribution in [0.1, 0.15) is 33.3 Å². The third kappa shape index (κ3) is 6.88. The molecule has 0 aliphatic rings. The van der Waals surface area contributed by atoms with Gasteiger partial charge in [-0.15, -0.1) is 0 Å². The van der Waals surface area contributed by atoms with Crippen LogP contribution in [-0.2, 0) is 6.54 Å². The van der Waals surface area contributed by atoms with E-state index in [2.05, 4.69) is 0 Å². The average molecular weight is 285 g/mol. The van der Waals surface area contributed by atoms with E-state index in [1.165, 1.54) is 0 Å². The molecule has 0 heterocycles. The fraction of sp³-hybridized carbons (Fsp3) is 0.538. The summed E-state index contributed by atoms with van der Waals surface area (Å²) in [4.78, 5) is 0. The van der Waals surface area contributed by atoms with E-state index in [0.29, 0.717) is 6.54 Å². The maximum atomic E-state index is 9.96. The van der Waals surface area contributed by atoms with Crippen LogP contribution in [0.5, 0.6) is 5.75 Å². The van der Waals surface area contributed by atoms with Crippen molar-refractivity contribution in [2.45, 2.75) is 45.4 Å². The van der Waals surface area contributed by atoms with E-state index in [1.807, 2.05) is 38.1 Å². The number of nitrogens with two attached hydrogens (primary N) is 1. The molecule has 0 fully saturated rings. The highest BCUT2D eigenvalue weighted by Gasteiger charge is 2.37. The Labute approximate surface area is 120 Å². The van der Waals surface area contributed by atoms with E-state index < -0.39 is 18.5 Å². The van der Waals surface area contributed by atoms with Crippen molar-refractivity contribution in [2.75, 3.05) is 0 Å². The Bertz CT molecular complexity index is 384. The number of rotatable bonds is 4. The van der Waals surface area contributed by atoms with Crippen molar-refractivity contribution in [3.05, 3.63) is 29.8 Å². The lowest BCUT2D eigenvalue weighted by atomic mass is 9.89. The normalized spacial score (nSPS) is 11.4. The van der Waals surface area contributed by atoms with Crippen LogP contribution in [0.25, 0.3) is 0 Å². The van der Waals surface area contributed by atoms with Gasteiger partial charge in [0.15, 0.2) is 0 Å². The highest BCUT2D eigenvalue weighted by Crippen LogP contribution is 2.27. The second kappa shape index (κ2) is 7.61. The predicted octanol–water partition coefficient (Wildman–Crippen LogP) is 0.0218. The van der Waals surface area contributed by atoms with E-state index in [4.69, 9.17) is 25.5 Å². The van der Waals surface area contributed by atoms with Crippen molar-refractivity contribution in [1.82, 2.24) is 0 Å². The summed E-state index contributed by atoms with van der Waals surface area (Å²) in [5.41, 5.74) is 5.03. The van der Waals surface area contributed by atoms with E-state index in [-0.39, 0.29) is 0 Å². The van der Waals surface area contributed by atoms with E-state index in [0.717, 1.165) is 11.3 Å². The molecule has 1 aromatic carbocycles. The third-order valence-corrected chi connectivity index (χ3v) is 3.01. The minimum atomic E-state index is -2.17. The Morgan fingerprint density at radius 1 is 1.05 bits per heavy atom. The van der Waals surface area contributed by atoms with Crippen molar-refractivity contribution < 1.29 is 24.9 Å². The highest BCUT2D eigenvalue weighted by molar-refractivity contribution is 6.30. The van der Waals surface area contributed by atoms with E-state index in [1.54, 1.807) is 13.8 Å². The Morgan fingerprint density at radius 3 is 1.75 bits per heavy atom. The molecule has 6 nitrogen and oxygen atoms in total. The molecule has 0 atom stereocenters. The van der Waals surface area contributed by atoms with Gasteiger partial charge in [0, 0.05) is 6.54 Å². The second-order valence-corrected chi connectivity index (χ2v) is 5.37. The highest BCUT2D eigenvalue weighted by atomic mass is 16.5. The molecule has 0 radical (unpaired) electrons. The molecule has 0 amide bonds.